The van der Waals surface area contributed by atoms with Gasteiger partial charge in [0.15, 0.2) is 6.10 Å². The van der Waals surface area contributed by atoms with Crippen molar-refractivity contribution < 1.29 is 17.9 Å². The van der Waals surface area contributed by atoms with E-state index in [1.807, 2.05) is 0 Å². The van der Waals surface area contributed by atoms with Gasteiger partial charge in [0.25, 0.3) is 15.9 Å². The van der Waals surface area contributed by atoms with Crippen LogP contribution in [0.4, 0.5) is 5.69 Å². The summed E-state index contributed by atoms with van der Waals surface area (Å²) in [6.07, 6.45) is 4.78. The lowest BCUT2D eigenvalue weighted by atomic mass is 9.95. The number of amides is 1. The van der Waals surface area contributed by atoms with E-state index in [1.54, 1.807) is 13.0 Å². The minimum Gasteiger partial charge on any atom is -0.481 e. The lowest BCUT2D eigenvalue weighted by molar-refractivity contribution is -0.128. The van der Waals surface area contributed by atoms with Gasteiger partial charge in [0.05, 0.1) is 15.6 Å². The van der Waals surface area contributed by atoms with Crippen molar-refractivity contribution in [3.05, 3.63) is 52.5 Å². The number of hydrogen-bond donors (Lipinski definition) is 2. The molecule has 1 aliphatic rings. The zero-order chi connectivity index (χ0) is 21.7. The van der Waals surface area contributed by atoms with Gasteiger partial charge >= 0.3 is 0 Å². The third kappa shape index (κ3) is 6.03. The number of nitrogens with one attached hydrogen (secondary N) is 2. The van der Waals surface area contributed by atoms with E-state index in [0.29, 0.717) is 10.8 Å². The predicted octanol–water partition coefficient (Wildman–Crippen LogP) is 5.01. The molecule has 2 N–H and O–H groups in total. The number of carbonyl (C=O) groups is 1. The molecule has 162 valence electrons. The first-order chi connectivity index (χ1) is 14.2. The van der Waals surface area contributed by atoms with E-state index in [4.69, 9.17) is 27.9 Å². The Kier molecular flexibility index (Phi) is 7.50. The zero-order valence-corrected chi connectivity index (χ0v) is 18.9. The quantitative estimate of drug-likeness (QED) is 0.595. The van der Waals surface area contributed by atoms with Gasteiger partial charge in [-0.25, -0.2) is 8.42 Å². The fraction of sp³-hybridized carbons (Fsp3) is 0.381. The van der Waals surface area contributed by atoms with Crippen molar-refractivity contribution in [2.45, 2.75) is 56.1 Å². The molecule has 0 aromatic heterocycles. The maximum atomic E-state index is 12.6. The molecule has 2 aromatic rings. The minimum absolute atomic E-state index is 0.0326. The highest BCUT2D eigenvalue weighted by Gasteiger charge is 2.21. The van der Waals surface area contributed by atoms with Crippen LogP contribution in [0.25, 0.3) is 0 Å². The van der Waals surface area contributed by atoms with Crippen LogP contribution in [0, 0.1) is 0 Å². The van der Waals surface area contributed by atoms with Crippen molar-refractivity contribution in [1.29, 1.82) is 0 Å². The van der Waals surface area contributed by atoms with Crippen LogP contribution in [0.1, 0.15) is 39.0 Å². The molecule has 1 saturated carbocycles. The minimum atomic E-state index is -3.86. The molecule has 1 atom stereocenters. The van der Waals surface area contributed by atoms with E-state index in [1.165, 1.54) is 42.8 Å². The molecule has 0 radical (unpaired) electrons. The Bertz CT molecular complexity index is 991. The molecule has 0 heterocycles. The molecule has 3 rings (SSSR count). The van der Waals surface area contributed by atoms with Gasteiger partial charge in [-0.3, -0.25) is 9.52 Å². The molecular weight excluding hydrogens is 447 g/mol. The zero-order valence-electron chi connectivity index (χ0n) is 16.5. The summed E-state index contributed by atoms with van der Waals surface area (Å²) >= 11 is 11.9. The van der Waals surface area contributed by atoms with Crippen molar-refractivity contribution in [2.24, 2.45) is 0 Å². The second-order valence-electron chi connectivity index (χ2n) is 7.30. The van der Waals surface area contributed by atoms with E-state index in [-0.39, 0.29) is 27.6 Å². The van der Waals surface area contributed by atoms with Gasteiger partial charge in [0.1, 0.15) is 5.75 Å². The summed E-state index contributed by atoms with van der Waals surface area (Å²) in [7, 11) is -3.86. The highest BCUT2D eigenvalue weighted by Crippen LogP contribution is 2.28. The highest BCUT2D eigenvalue weighted by molar-refractivity contribution is 7.92. The Balaban J connectivity index is 1.62. The molecule has 6 nitrogen and oxygen atoms in total. The molecule has 9 heteroatoms. The van der Waals surface area contributed by atoms with Crippen LogP contribution in [-0.2, 0) is 14.8 Å². The Hall–Kier alpha value is -1.96. The normalized spacial score (nSPS) is 16.0. The first-order valence-corrected chi connectivity index (χ1v) is 12.0. The molecule has 2 aromatic carbocycles. The SMILES string of the molecule is C[C@H](Oc1ccc(S(=O)(=O)Nc2cc(Cl)ccc2Cl)cc1)C(=O)NC1CCCCC1. The van der Waals surface area contributed by atoms with E-state index < -0.39 is 16.1 Å². The molecular formula is C21H24Cl2N2O4S. The lowest BCUT2D eigenvalue weighted by Gasteiger charge is -2.24. The summed E-state index contributed by atoms with van der Waals surface area (Å²) in [6, 6.07) is 10.6. The summed E-state index contributed by atoms with van der Waals surface area (Å²) in [6.45, 7) is 1.67. The van der Waals surface area contributed by atoms with Gasteiger partial charge < -0.3 is 10.1 Å². The summed E-state index contributed by atoms with van der Waals surface area (Å²) in [5, 5.41) is 3.62. The van der Waals surface area contributed by atoms with Crippen molar-refractivity contribution in [2.75, 3.05) is 4.72 Å². The second-order valence-corrected chi connectivity index (χ2v) is 9.83. The predicted molar refractivity (Wildman–Crippen MR) is 119 cm³/mol. The largest absolute Gasteiger partial charge is 0.481 e. The second kappa shape index (κ2) is 9.90. The third-order valence-corrected chi connectivity index (χ3v) is 6.89. The van der Waals surface area contributed by atoms with Crippen molar-refractivity contribution in [3.63, 3.8) is 0 Å². The molecule has 0 aliphatic heterocycles. The van der Waals surface area contributed by atoms with Crippen LogP contribution in [0.5, 0.6) is 5.75 Å². The molecule has 30 heavy (non-hydrogen) atoms. The lowest BCUT2D eigenvalue weighted by Crippen LogP contribution is -2.43. The van der Waals surface area contributed by atoms with E-state index in [9.17, 15) is 13.2 Å². The summed E-state index contributed by atoms with van der Waals surface area (Å²) < 4.78 is 33.3. The summed E-state index contributed by atoms with van der Waals surface area (Å²) in [5.41, 5.74) is 0.192. The monoisotopic (exact) mass is 470 g/mol. The summed E-state index contributed by atoms with van der Waals surface area (Å²) in [4.78, 5) is 12.4. The maximum absolute atomic E-state index is 12.6. The van der Waals surface area contributed by atoms with E-state index in [0.717, 1.165) is 25.7 Å². The number of benzene rings is 2. The molecule has 0 unspecified atom stereocenters. The number of ether oxygens (including phenoxy) is 1. The van der Waals surface area contributed by atoms with Crippen LogP contribution in [0.2, 0.25) is 10.0 Å². The Labute approximate surface area is 187 Å². The van der Waals surface area contributed by atoms with Gasteiger partial charge in [0, 0.05) is 11.1 Å². The highest BCUT2D eigenvalue weighted by atomic mass is 35.5. The number of anilines is 1. The number of carbonyl (C=O) groups excluding carboxylic acids is 1. The first-order valence-electron chi connectivity index (χ1n) is 9.79. The van der Waals surface area contributed by atoms with Crippen LogP contribution in [0.15, 0.2) is 47.4 Å². The molecule has 0 spiro atoms. The topological polar surface area (TPSA) is 84.5 Å². The average Bonchev–Trinajstić information content (AvgIpc) is 2.71. The van der Waals surface area contributed by atoms with Gasteiger partial charge in [0.2, 0.25) is 0 Å². The summed E-state index contributed by atoms with van der Waals surface area (Å²) in [5.74, 6) is 0.233. The van der Waals surface area contributed by atoms with E-state index >= 15 is 0 Å². The van der Waals surface area contributed by atoms with Gasteiger partial charge in [-0.1, -0.05) is 42.5 Å². The third-order valence-electron chi connectivity index (χ3n) is 4.94. The fourth-order valence-corrected chi connectivity index (χ4v) is 4.76. The van der Waals surface area contributed by atoms with Gasteiger partial charge in [-0.05, 0) is 62.2 Å². The van der Waals surface area contributed by atoms with Crippen molar-refractivity contribution in [1.82, 2.24) is 5.32 Å². The Morgan fingerprint density at radius 1 is 1.07 bits per heavy atom. The van der Waals surface area contributed by atoms with E-state index in [2.05, 4.69) is 10.0 Å². The average molecular weight is 471 g/mol. The van der Waals surface area contributed by atoms with Gasteiger partial charge in [-0.2, -0.15) is 0 Å². The van der Waals surface area contributed by atoms with Crippen molar-refractivity contribution >= 4 is 44.8 Å². The number of hydrogen-bond acceptors (Lipinski definition) is 4. The fourth-order valence-electron chi connectivity index (χ4n) is 3.30. The molecule has 1 fully saturated rings. The molecule has 0 bridgehead atoms. The molecule has 1 aliphatic carbocycles. The maximum Gasteiger partial charge on any atom is 0.261 e. The standard InChI is InChI=1S/C21H24Cl2N2O4S/c1-14(21(26)24-16-5-3-2-4-6-16)29-17-8-10-18(11-9-17)30(27,28)25-20-13-15(22)7-12-19(20)23/h7-14,16,25H,2-6H2,1H3,(H,24,26)/t14-/m0/s1. The molecule has 0 saturated heterocycles. The Morgan fingerprint density at radius 3 is 2.40 bits per heavy atom. The smallest absolute Gasteiger partial charge is 0.261 e. The number of sulfonamides is 1. The van der Waals surface area contributed by atoms with Crippen LogP contribution in [-0.4, -0.2) is 26.5 Å². The van der Waals surface area contributed by atoms with Crippen molar-refractivity contribution in [3.8, 4) is 5.75 Å². The van der Waals surface area contributed by atoms with Crippen LogP contribution < -0.4 is 14.8 Å². The van der Waals surface area contributed by atoms with Gasteiger partial charge in [-0.15, -0.1) is 0 Å². The van der Waals surface area contributed by atoms with Crippen LogP contribution in [0.3, 0.4) is 0 Å². The van der Waals surface area contributed by atoms with Crippen LogP contribution >= 0.6 is 23.2 Å². The molecule has 1 amide bonds. The Morgan fingerprint density at radius 2 is 1.73 bits per heavy atom. The first kappa shape index (κ1) is 22.7. The number of rotatable bonds is 7. The number of halogens is 2.